The van der Waals surface area contributed by atoms with Gasteiger partial charge in [-0.05, 0) is 77.4 Å². The lowest BCUT2D eigenvalue weighted by Gasteiger charge is -2.40. The predicted molar refractivity (Wildman–Crippen MR) is 123 cm³/mol. The highest BCUT2D eigenvalue weighted by molar-refractivity contribution is 5.66. The Bertz CT molecular complexity index is 999. The van der Waals surface area contributed by atoms with Gasteiger partial charge in [-0.25, -0.2) is 0 Å². The predicted octanol–water partition coefficient (Wildman–Crippen LogP) is 6.60. The van der Waals surface area contributed by atoms with Gasteiger partial charge in [-0.1, -0.05) is 63.2 Å². The van der Waals surface area contributed by atoms with E-state index < -0.39 is 0 Å². The molecule has 156 valence electrons. The summed E-state index contributed by atoms with van der Waals surface area (Å²) in [6.45, 7) is 8.72. The number of benzene rings is 3. The average molecular weight is 403 g/mol. The summed E-state index contributed by atoms with van der Waals surface area (Å²) in [6.07, 6.45) is 2.28. The quantitative estimate of drug-likeness (QED) is 0.435. The standard InChI is InChI=1S/C27H30O3/c1-18(2)26(21-7-13-24(29)14-8-21)27(4,22-9-15-25(30)16-10-22)17-19(3)20-5-11-23(28)12-6-20/h5-18,26,28-30H,1-4H3. The highest BCUT2D eigenvalue weighted by Gasteiger charge is 2.37. The molecule has 30 heavy (non-hydrogen) atoms. The maximum absolute atomic E-state index is 9.84. The van der Waals surface area contributed by atoms with Crippen molar-refractivity contribution in [3.8, 4) is 17.2 Å². The molecular weight excluding hydrogens is 372 g/mol. The summed E-state index contributed by atoms with van der Waals surface area (Å²) >= 11 is 0. The summed E-state index contributed by atoms with van der Waals surface area (Å²) in [4.78, 5) is 0. The first-order chi connectivity index (χ1) is 14.2. The second-order valence-corrected chi connectivity index (χ2v) is 8.52. The fraction of sp³-hybridized carbons (Fsp3) is 0.259. The number of rotatable bonds is 6. The van der Waals surface area contributed by atoms with E-state index in [1.54, 1.807) is 36.4 Å². The SMILES string of the molecule is CC(=CC(C)(c1ccc(O)cc1)C(c1ccc(O)cc1)C(C)C)c1ccc(O)cc1. The highest BCUT2D eigenvalue weighted by atomic mass is 16.3. The lowest BCUT2D eigenvalue weighted by atomic mass is 9.64. The molecule has 0 amide bonds. The minimum absolute atomic E-state index is 0.134. The van der Waals surface area contributed by atoms with E-state index in [4.69, 9.17) is 0 Å². The van der Waals surface area contributed by atoms with E-state index in [9.17, 15) is 15.3 Å². The van der Waals surface area contributed by atoms with Crippen LogP contribution in [0.2, 0.25) is 0 Å². The minimum atomic E-state index is -0.374. The molecule has 0 aliphatic heterocycles. The molecule has 0 fully saturated rings. The van der Waals surface area contributed by atoms with Crippen molar-refractivity contribution in [1.29, 1.82) is 0 Å². The van der Waals surface area contributed by atoms with Crippen LogP contribution in [0.3, 0.4) is 0 Å². The third-order valence-electron chi connectivity index (χ3n) is 5.89. The van der Waals surface area contributed by atoms with E-state index in [1.807, 2.05) is 36.4 Å². The zero-order valence-corrected chi connectivity index (χ0v) is 18.0. The number of allylic oxidation sites excluding steroid dienone is 2. The second kappa shape index (κ2) is 8.66. The van der Waals surface area contributed by atoms with Gasteiger partial charge >= 0.3 is 0 Å². The van der Waals surface area contributed by atoms with Crippen LogP contribution in [0.5, 0.6) is 17.2 Å². The van der Waals surface area contributed by atoms with Gasteiger partial charge in [0.2, 0.25) is 0 Å². The van der Waals surface area contributed by atoms with E-state index in [0.717, 1.165) is 22.3 Å². The zero-order chi connectivity index (χ0) is 21.9. The van der Waals surface area contributed by atoms with Crippen LogP contribution < -0.4 is 0 Å². The fourth-order valence-corrected chi connectivity index (χ4v) is 4.54. The van der Waals surface area contributed by atoms with E-state index in [2.05, 4.69) is 33.8 Å². The first-order valence-electron chi connectivity index (χ1n) is 10.3. The molecule has 0 heterocycles. The van der Waals surface area contributed by atoms with E-state index in [-0.39, 0.29) is 28.6 Å². The van der Waals surface area contributed by atoms with Crippen molar-refractivity contribution in [3.05, 3.63) is 95.6 Å². The number of phenols is 3. The smallest absolute Gasteiger partial charge is 0.115 e. The van der Waals surface area contributed by atoms with Crippen molar-refractivity contribution in [1.82, 2.24) is 0 Å². The number of phenolic OH excluding ortho intramolecular Hbond substituents is 3. The maximum atomic E-state index is 9.84. The Labute approximate surface area is 179 Å². The van der Waals surface area contributed by atoms with Crippen LogP contribution in [0.1, 0.15) is 50.3 Å². The van der Waals surface area contributed by atoms with Gasteiger partial charge in [-0.15, -0.1) is 0 Å². The summed E-state index contributed by atoms with van der Waals surface area (Å²) in [5, 5.41) is 29.3. The molecule has 0 saturated heterocycles. The van der Waals surface area contributed by atoms with E-state index in [1.165, 1.54) is 0 Å². The van der Waals surface area contributed by atoms with Gasteiger partial charge in [0, 0.05) is 5.41 Å². The Morgan fingerprint density at radius 2 is 1.17 bits per heavy atom. The molecule has 3 nitrogen and oxygen atoms in total. The Kier molecular flexibility index (Phi) is 6.21. The van der Waals surface area contributed by atoms with Gasteiger partial charge in [-0.3, -0.25) is 0 Å². The van der Waals surface area contributed by atoms with Crippen molar-refractivity contribution in [2.24, 2.45) is 5.92 Å². The van der Waals surface area contributed by atoms with Gasteiger partial charge in [-0.2, -0.15) is 0 Å². The van der Waals surface area contributed by atoms with Gasteiger partial charge in [0.25, 0.3) is 0 Å². The van der Waals surface area contributed by atoms with Crippen LogP contribution in [0.4, 0.5) is 0 Å². The molecule has 0 radical (unpaired) electrons. The molecule has 3 aromatic carbocycles. The molecule has 3 rings (SSSR count). The summed E-state index contributed by atoms with van der Waals surface area (Å²) in [6, 6.07) is 22.1. The normalized spacial score (nSPS) is 15.0. The number of aromatic hydroxyl groups is 3. The molecule has 0 saturated carbocycles. The molecule has 2 atom stereocenters. The van der Waals surface area contributed by atoms with Crippen LogP contribution in [-0.4, -0.2) is 15.3 Å². The molecule has 3 heteroatoms. The highest BCUT2D eigenvalue weighted by Crippen LogP contribution is 2.46. The minimum Gasteiger partial charge on any atom is -0.508 e. The van der Waals surface area contributed by atoms with Gasteiger partial charge in [0.15, 0.2) is 0 Å². The monoisotopic (exact) mass is 402 g/mol. The maximum Gasteiger partial charge on any atom is 0.115 e. The molecule has 3 aromatic rings. The zero-order valence-electron chi connectivity index (χ0n) is 18.0. The first-order valence-corrected chi connectivity index (χ1v) is 10.3. The van der Waals surface area contributed by atoms with Gasteiger partial charge in [0.1, 0.15) is 17.2 Å². The summed E-state index contributed by atoms with van der Waals surface area (Å²) in [5.74, 6) is 1.19. The fourth-order valence-electron chi connectivity index (χ4n) is 4.54. The van der Waals surface area contributed by atoms with Crippen molar-refractivity contribution in [3.63, 3.8) is 0 Å². The Morgan fingerprint density at radius 3 is 1.63 bits per heavy atom. The molecule has 0 aromatic heterocycles. The van der Waals surface area contributed by atoms with Crippen LogP contribution >= 0.6 is 0 Å². The van der Waals surface area contributed by atoms with Crippen LogP contribution in [0.25, 0.3) is 5.57 Å². The molecule has 0 spiro atoms. The van der Waals surface area contributed by atoms with E-state index in [0.29, 0.717) is 5.92 Å². The summed E-state index contributed by atoms with van der Waals surface area (Å²) in [7, 11) is 0. The molecule has 0 bridgehead atoms. The van der Waals surface area contributed by atoms with Crippen LogP contribution in [-0.2, 0) is 5.41 Å². The molecule has 3 N–H and O–H groups in total. The summed E-state index contributed by atoms with van der Waals surface area (Å²) < 4.78 is 0. The third-order valence-corrected chi connectivity index (χ3v) is 5.89. The first kappa shape index (κ1) is 21.5. The lowest BCUT2D eigenvalue weighted by Crippen LogP contribution is -2.32. The van der Waals surface area contributed by atoms with Crippen molar-refractivity contribution in [2.75, 3.05) is 0 Å². The van der Waals surface area contributed by atoms with Crippen LogP contribution in [0, 0.1) is 5.92 Å². The molecule has 0 aliphatic rings. The van der Waals surface area contributed by atoms with Gasteiger partial charge in [0.05, 0.1) is 0 Å². The van der Waals surface area contributed by atoms with Gasteiger partial charge < -0.3 is 15.3 Å². The summed E-state index contributed by atoms with van der Waals surface area (Å²) in [5.41, 5.74) is 4.03. The average Bonchev–Trinajstić information content (AvgIpc) is 2.70. The Morgan fingerprint density at radius 1 is 0.733 bits per heavy atom. The second-order valence-electron chi connectivity index (χ2n) is 8.52. The lowest BCUT2D eigenvalue weighted by molar-refractivity contribution is 0.362. The van der Waals surface area contributed by atoms with Crippen molar-refractivity contribution in [2.45, 2.75) is 39.0 Å². The van der Waals surface area contributed by atoms with Crippen LogP contribution in [0.15, 0.2) is 78.9 Å². The molecule has 0 aliphatic carbocycles. The molecular formula is C27H30O3. The van der Waals surface area contributed by atoms with E-state index >= 15 is 0 Å². The Hall–Kier alpha value is -3.20. The third kappa shape index (κ3) is 4.51. The van der Waals surface area contributed by atoms with Crippen molar-refractivity contribution >= 4 is 5.57 Å². The van der Waals surface area contributed by atoms with Crippen molar-refractivity contribution < 1.29 is 15.3 Å². The largest absolute Gasteiger partial charge is 0.508 e. The number of hydrogen-bond acceptors (Lipinski definition) is 3. The topological polar surface area (TPSA) is 60.7 Å². The number of hydrogen-bond donors (Lipinski definition) is 3. The Balaban J connectivity index is 2.19. The molecule has 2 unspecified atom stereocenters.